The molecule has 2 atom stereocenters. The molecule has 2 aliphatic rings. The first kappa shape index (κ1) is 16.6. The molecule has 1 aliphatic carbocycles. The second-order valence-electron chi connectivity index (χ2n) is 7.50. The van der Waals surface area contributed by atoms with Gasteiger partial charge in [0.25, 0.3) is 0 Å². The number of nitrogens with zero attached hydrogens (tertiary/aromatic N) is 1. The minimum atomic E-state index is -0.775. The molecule has 0 bridgehead atoms. The Morgan fingerprint density at radius 2 is 2.13 bits per heavy atom. The second kappa shape index (κ2) is 6.68. The maximum atomic E-state index is 12.9. The highest BCUT2D eigenvalue weighted by Crippen LogP contribution is 2.38. The Kier molecular flexibility index (Phi) is 4.81. The van der Waals surface area contributed by atoms with Crippen molar-refractivity contribution < 1.29 is 14.3 Å². The third-order valence-electron chi connectivity index (χ3n) is 5.56. The molecule has 0 aromatic carbocycles. The zero-order valence-electron chi connectivity index (χ0n) is 14.4. The first-order valence-electron chi connectivity index (χ1n) is 9.11. The van der Waals surface area contributed by atoms with Crippen LogP contribution in [0.4, 0.5) is 0 Å². The second-order valence-corrected chi connectivity index (χ2v) is 7.50. The average Bonchev–Trinajstić information content (AvgIpc) is 3.16. The summed E-state index contributed by atoms with van der Waals surface area (Å²) < 4.78 is 5.94. The van der Waals surface area contributed by atoms with Gasteiger partial charge in [-0.3, -0.25) is 4.79 Å². The van der Waals surface area contributed by atoms with E-state index in [1.807, 2.05) is 17.0 Å². The lowest BCUT2D eigenvalue weighted by molar-refractivity contribution is -0.141. The van der Waals surface area contributed by atoms with Gasteiger partial charge in [-0.15, -0.1) is 0 Å². The van der Waals surface area contributed by atoms with Crippen molar-refractivity contribution >= 4 is 5.91 Å². The van der Waals surface area contributed by atoms with Gasteiger partial charge in [0.15, 0.2) is 0 Å². The van der Waals surface area contributed by atoms with E-state index >= 15 is 0 Å². The molecule has 1 aromatic heterocycles. The van der Waals surface area contributed by atoms with Crippen LogP contribution in [0.15, 0.2) is 16.5 Å². The smallest absolute Gasteiger partial charge is 0.226 e. The molecule has 4 heteroatoms. The number of aryl methyl sites for hydroxylation is 1. The molecule has 4 nitrogen and oxygen atoms in total. The molecule has 3 rings (SSSR count). The number of furan rings is 1. The van der Waals surface area contributed by atoms with Gasteiger partial charge in [0, 0.05) is 13.0 Å². The number of hydrogen-bond acceptors (Lipinski definition) is 3. The number of likely N-dealkylation sites (tertiary alicyclic amines) is 1. The van der Waals surface area contributed by atoms with Crippen molar-refractivity contribution in [1.82, 2.24) is 4.90 Å². The van der Waals surface area contributed by atoms with E-state index in [9.17, 15) is 9.90 Å². The van der Waals surface area contributed by atoms with Crippen LogP contribution in [-0.4, -0.2) is 28.1 Å². The molecule has 1 amide bonds. The SMILES string of the molecule is CCc1ccc([C@H]2C[C@H](C)CCN2C(=O)CC2(O)CCCC2)o1. The van der Waals surface area contributed by atoms with Gasteiger partial charge in [-0.2, -0.15) is 0 Å². The fourth-order valence-electron chi connectivity index (χ4n) is 4.07. The number of amides is 1. The summed E-state index contributed by atoms with van der Waals surface area (Å²) in [4.78, 5) is 14.8. The number of hydrogen-bond donors (Lipinski definition) is 1. The van der Waals surface area contributed by atoms with Crippen molar-refractivity contribution in [1.29, 1.82) is 0 Å². The Bertz CT molecular complexity index is 545. The van der Waals surface area contributed by atoms with Crippen LogP contribution < -0.4 is 0 Å². The zero-order valence-corrected chi connectivity index (χ0v) is 14.4. The van der Waals surface area contributed by atoms with Gasteiger partial charge in [-0.05, 0) is 43.7 Å². The van der Waals surface area contributed by atoms with Crippen LogP contribution in [0.3, 0.4) is 0 Å². The molecule has 1 N–H and O–H groups in total. The number of aliphatic hydroxyl groups is 1. The summed E-state index contributed by atoms with van der Waals surface area (Å²) in [6.45, 7) is 5.08. The van der Waals surface area contributed by atoms with Crippen molar-refractivity contribution in [2.75, 3.05) is 6.54 Å². The van der Waals surface area contributed by atoms with Gasteiger partial charge >= 0.3 is 0 Å². The van der Waals surface area contributed by atoms with Crippen molar-refractivity contribution in [3.05, 3.63) is 23.7 Å². The summed E-state index contributed by atoms with van der Waals surface area (Å²) in [5.41, 5.74) is -0.775. The van der Waals surface area contributed by atoms with E-state index in [-0.39, 0.29) is 18.4 Å². The highest BCUT2D eigenvalue weighted by molar-refractivity contribution is 5.78. The van der Waals surface area contributed by atoms with E-state index in [1.165, 1.54) is 0 Å². The van der Waals surface area contributed by atoms with E-state index in [0.29, 0.717) is 5.92 Å². The Balaban J connectivity index is 1.75. The van der Waals surface area contributed by atoms with Gasteiger partial charge in [-0.1, -0.05) is 26.7 Å². The van der Waals surface area contributed by atoms with Crippen LogP contribution in [0, 0.1) is 5.92 Å². The van der Waals surface area contributed by atoms with Crippen LogP contribution in [0.2, 0.25) is 0 Å². The normalized spacial score (nSPS) is 27.3. The highest BCUT2D eigenvalue weighted by Gasteiger charge is 2.39. The average molecular weight is 319 g/mol. The molecule has 1 aliphatic heterocycles. The van der Waals surface area contributed by atoms with Gasteiger partial charge in [0.1, 0.15) is 11.5 Å². The molecule has 1 saturated carbocycles. The van der Waals surface area contributed by atoms with E-state index in [2.05, 4.69) is 13.8 Å². The summed E-state index contributed by atoms with van der Waals surface area (Å²) in [6, 6.07) is 4.06. The molecular weight excluding hydrogens is 290 g/mol. The van der Waals surface area contributed by atoms with Crippen LogP contribution in [0.1, 0.15) is 76.4 Å². The molecule has 1 aromatic rings. The lowest BCUT2D eigenvalue weighted by Crippen LogP contribution is -2.43. The monoisotopic (exact) mass is 319 g/mol. The topological polar surface area (TPSA) is 53.7 Å². The molecule has 0 unspecified atom stereocenters. The fraction of sp³-hybridized carbons (Fsp3) is 0.737. The van der Waals surface area contributed by atoms with Crippen molar-refractivity contribution in [2.24, 2.45) is 5.92 Å². The maximum Gasteiger partial charge on any atom is 0.226 e. The van der Waals surface area contributed by atoms with E-state index in [1.54, 1.807) is 0 Å². The Labute approximate surface area is 138 Å². The minimum Gasteiger partial charge on any atom is -0.464 e. The van der Waals surface area contributed by atoms with Gasteiger partial charge in [-0.25, -0.2) is 0 Å². The molecule has 2 heterocycles. The quantitative estimate of drug-likeness (QED) is 0.917. The van der Waals surface area contributed by atoms with Crippen LogP contribution in [0.5, 0.6) is 0 Å². The summed E-state index contributed by atoms with van der Waals surface area (Å²) in [6.07, 6.45) is 6.69. The number of carbonyl (C=O) groups excluding carboxylic acids is 1. The van der Waals surface area contributed by atoms with Crippen LogP contribution >= 0.6 is 0 Å². The molecule has 0 spiro atoms. The number of rotatable bonds is 4. The Hall–Kier alpha value is -1.29. The third-order valence-corrected chi connectivity index (χ3v) is 5.56. The fourth-order valence-corrected chi connectivity index (χ4v) is 4.07. The summed E-state index contributed by atoms with van der Waals surface area (Å²) in [5.74, 6) is 2.55. The van der Waals surface area contributed by atoms with Gasteiger partial charge < -0.3 is 14.4 Å². The first-order valence-corrected chi connectivity index (χ1v) is 9.11. The van der Waals surface area contributed by atoms with Crippen molar-refractivity contribution in [3.8, 4) is 0 Å². The molecule has 2 fully saturated rings. The summed E-state index contributed by atoms with van der Waals surface area (Å²) >= 11 is 0. The lowest BCUT2D eigenvalue weighted by atomic mass is 9.89. The predicted octanol–water partition coefficient (Wildman–Crippen LogP) is 3.84. The van der Waals surface area contributed by atoms with Gasteiger partial charge in [0.2, 0.25) is 5.91 Å². The minimum absolute atomic E-state index is 0.0246. The summed E-state index contributed by atoms with van der Waals surface area (Å²) in [7, 11) is 0. The first-order chi connectivity index (χ1) is 11.0. The standard InChI is InChI=1S/C19H29NO3/c1-3-15-6-7-17(23-15)16-12-14(2)8-11-20(16)18(21)13-19(22)9-4-5-10-19/h6-7,14,16,22H,3-5,8-13H2,1-2H3/t14-,16-/m1/s1. The number of piperidine rings is 1. The largest absolute Gasteiger partial charge is 0.464 e. The van der Waals surface area contributed by atoms with E-state index in [4.69, 9.17) is 4.42 Å². The predicted molar refractivity (Wildman–Crippen MR) is 89.0 cm³/mol. The molecular formula is C19H29NO3. The zero-order chi connectivity index (χ0) is 16.4. The van der Waals surface area contributed by atoms with E-state index < -0.39 is 5.60 Å². The lowest BCUT2D eigenvalue weighted by Gasteiger charge is -2.39. The Morgan fingerprint density at radius 1 is 1.39 bits per heavy atom. The van der Waals surface area contributed by atoms with E-state index in [0.717, 1.165) is 63.0 Å². The summed E-state index contributed by atoms with van der Waals surface area (Å²) in [5, 5.41) is 10.6. The highest BCUT2D eigenvalue weighted by atomic mass is 16.3. The van der Waals surface area contributed by atoms with Crippen molar-refractivity contribution in [3.63, 3.8) is 0 Å². The molecule has 0 radical (unpaired) electrons. The van der Waals surface area contributed by atoms with Crippen LogP contribution in [-0.2, 0) is 11.2 Å². The van der Waals surface area contributed by atoms with Crippen LogP contribution in [0.25, 0.3) is 0 Å². The number of carbonyl (C=O) groups is 1. The third kappa shape index (κ3) is 3.63. The molecule has 1 saturated heterocycles. The maximum absolute atomic E-state index is 12.9. The van der Waals surface area contributed by atoms with Crippen molar-refractivity contribution in [2.45, 2.75) is 76.9 Å². The molecule has 23 heavy (non-hydrogen) atoms. The molecule has 128 valence electrons. The van der Waals surface area contributed by atoms with Gasteiger partial charge in [0.05, 0.1) is 18.1 Å². The Morgan fingerprint density at radius 3 is 2.78 bits per heavy atom.